The lowest BCUT2D eigenvalue weighted by molar-refractivity contribution is -0.160. The number of hydrogen-bond acceptors (Lipinski definition) is 15. The van der Waals surface area contributed by atoms with Crippen molar-refractivity contribution in [3.05, 3.63) is 59.7 Å². The van der Waals surface area contributed by atoms with Crippen LogP contribution in [-0.2, 0) is 66.4 Å². The summed E-state index contributed by atoms with van der Waals surface area (Å²) in [6, 6.07) is 16.6. The van der Waals surface area contributed by atoms with Crippen molar-refractivity contribution < 1.29 is 71.2 Å². The normalized spacial score (nSPS) is 12.4. The number of carbonyl (C=O) groups is 2. The van der Waals surface area contributed by atoms with E-state index in [0.29, 0.717) is 152 Å². The van der Waals surface area contributed by atoms with Crippen LogP contribution in [0.4, 0.5) is 4.79 Å². The van der Waals surface area contributed by atoms with Gasteiger partial charge in [0.1, 0.15) is 18.8 Å². The standard InChI is InChI=1S/C44H69NO15/c1-44(2,3)60-42(46)36-58-34-33-57-32-31-56-30-29-55-28-27-54-26-25-53-24-23-52-22-21-51-20-19-50-18-17-49-16-15-48-14-13-45(4)43(47)59-35-41-39-11-7-5-9-37(39)38-10-6-8-12-40(38)41/h5-12,41H,13-36H2,1-4H3. The maximum Gasteiger partial charge on any atom is 0.409 e. The Morgan fingerprint density at radius 1 is 0.483 bits per heavy atom. The first kappa shape index (κ1) is 51.1. The zero-order valence-electron chi connectivity index (χ0n) is 36.2. The number of amides is 1. The van der Waals surface area contributed by atoms with Gasteiger partial charge in [-0.3, -0.25) is 0 Å². The maximum absolute atomic E-state index is 12.6. The third kappa shape index (κ3) is 23.7. The average molecular weight is 852 g/mol. The summed E-state index contributed by atoms with van der Waals surface area (Å²) in [5, 5.41) is 0. The van der Waals surface area contributed by atoms with Crippen molar-refractivity contribution in [2.24, 2.45) is 0 Å². The summed E-state index contributed by atoms with van der Waals surface area (Å²) in [6.45, 7) is 15.5. The van der Waals surface area contributed by atoms with E-state index in [-0.39, 0.29) is 18.6 Å². The first-order valence-corrected chi connectivity index (χ1v) is 20.9. The summed E-state index contributed by atoms with van der Waals surface area (Å²) in [6.07, 6.45) is -0.369. The summed E-state index contributed by atoms with van der Waals surface area (Å²) in [4.78, 5) is 25.7. The molecule has 16 nitrogen and oxygen atoms in total. The van der Waals surface area contributed by atoms with Gasteiger partial charge in [-0.1, -0.05) is 48.5 Å². The van der Waals surface area contributed by atoms with Crippen molar-refractivity contribution >= 4 is 12.1 Å². The van der Waals surface area contributed by atoms with Crippen LogP contribution in [-0.4, -0.2) is 188 Å². The summed E-state index contributed by atoms with van der Waals surface area (Å²) >= 11 is 0. The van der Waals surface area contributed by atoms with Crippen molar-refractivity contribution in [3.63, 3.8) is 0 Å². The van der Waals surface area contributed by atoms with Crippen LogP contribution in [0, 0.1) is 0 Å². The Balaban J connectivity index is 0.951. The quantitative estimate of drug-likeness (QED) is 0.0696. The number of likely N-dealkylation sites (N-methyl/N-ethyl adjacent to an activating group) is 1. The van der Waals surface area contributed by atoms with E-state index < -0.39 is 11.6 Å². The second-order valence-electron chi connectivity index (χ2n) is 14.5. The second-order valence-corrected chi connectivity index (χ2v) is 14.5. The summed E-state index contributed by atoms with van der Waals surface area (Å²) < 4.78 is 71.1. The van der Waals surface area contributed by atoms with E-state index in [2.05, 4.69) is 24.3 Å². The summed E-state index contributed by atoms with van der Waals surface area (Å²) in [5.74, 6) is -0.358. The Morgan fingerprint density at radius 3 is 1.15 bits per heavy atom. The predicted octanol–water partition coefficient (Wildman–Crippen LogP) is 4.39. The lowest BCUT2D eigenvalue weighted by atomic mass is 9.98. The first-order valence-electron chi connectivity index (χ1n) is 20.9. The van der Waals surface area contributed by atoms with Crippen LogP contribution >= 0.6 is 0 Å². The number of rotatable bonds is 37. The Bertz CT molecular complexity index is 1360. The molecule has 0 aliphatic heterocycles. The average Bonchev–Trinajstić information content (AvgIpc) is 3.55. The number of esters is 1. The molecule has 2 aromatic carbocycles. The fraction of sp³-hybridized carbons (Fsp3) is 0.682. The molecule has 1 aliphatic carbocycles. The highest BCUT2D eigenvalue weighted by atomic mass is 16.6. The molecule has 0 heterocycles. The topological polar surface area (TPSA) is 157 Å². The monoisotopic (exact) mass is 851 g/mol. The second kappa shape index (κ2) is 32.5. The smallest absolute Gasteiger partial charge is 0.409 e. The minimum absolute atomic E-state index is 0.0335. The van der Waals surface area contributed by atoms with Gasteiger partial charge in [0.05, 0.1) is 139 Å². The van der Waals surface area contributed by atoms with Crippen LogP contribution in [0.1, 0.15) is 37.8 Å². The summed E-state index contributed by atoms with van der Waals surface area (Å²) in [5.41, 5.74) is 4.26. The van der Waals surface area contributed by atoms with Gasteiger partial charge in [-0.15, -0.1) is 0 Å². The minimum Gasteiger partial charge on any atom is -0.458 e. The highest BCUT2D eigenvalue weighted by molar-refractivity contribution is 5.79. The van der Waals surface area contributed by atoms with Gasteiger partial charge < -0.3 is 66.5 Å². The van der Waals surface area contributed by atoms with Gasteiger partial charge in [0.15, 0.2) is 0 Å². The van der Waals surface area contributed by atoms with Crippen molar-refractivity contribution in [3.8, 4) is 11.1 Å². The fourth-order valence-electron chi connectivity index (χ4n) is 5.72. The lowest BCUT2D eigenvalue weighted by Crippen LogP contribution is -2.32. The van der Waals surface area contributed by atoms with Crippen molar-refractivity contribution in [1.29, 1.82) is 0 Å². The minimum atomic E-state index is -0.518. The molecule has 0 bridgehead atoms. The molecule has 340 valence electrons. The molecular weight excluding hydrogens is 782 g/mol. The Labute approximate surface area is 356 Å². The SMILES string of the molecule is CN(CCOCCOCCOCCOCCOCCOCCOCCOCCOCCOCCOCC(=O)OC(C)(C)C)C(=O)OCC1c2ccccc2-c2ccccc21. The van der Waals surface area contributed by atoms with Gasteiger partial charge >= 0.3 is 12.1 Å². The molecular formula is C44H69NO15. The molecule has 0 saturated heterocycles. The van der Waals surface area contributed by atoms with Crippen LogP contribution in [0.15, 0.2) is 48.5 Å². The first-order chi connectivity index (χ1) is 29.3. The Hall–Kier alpha value is -3.26. The molecule has 1 aliphatic rings. The van der Waals surface area contributed by atoms with Gasteiger partial charge in [0.25, 0.3) is 0 Å². The molecule has 3 rings (SSSR count). The Morgan fingerprint density at radius 2 is 0.800 bits per heavy atom. The van der Waals surface area contributed by atoms with E-state index in [1.807, 2.05) is 45.0 Å². The van der Waals surface area contributed by atoms with Crippen LogP contribution in [0.25, 0.3) is 11.1 Å². The zero-order chi connectivity index (χ0) is 42.9. The summed E-state index contributed by atoms with van der Waals surface area (Å²) in [7, 11) is 1.71. The fourth-order valence-corrected chi connectivity index (χ4v) is 5.72. The number of carbonyl (C=O) groups excluding carboxylic acids is 2. The third-order valence-electron chi connectivity index (χ3n) is 8.58. The molecule has 0 N–H and O–H groups in total. The van der Waals surface area contributed by atoms with E-state index in [9.17, 15) is 9.59 Å². The molecule has 0 saturated carbocycles. The van der Waals surface area contributed by atoms with E-state index in [1.54, 1.807) is 7.05 Å². The molecule has 0 radical (unpaired) electrons. The van der Waals surface area contributed by atoms with Gasteiger partial charge in [0.2, 0.25) is 0 Å². The van der Waals surface area contributed by atoms with Crippen molar-refractivity contribution in [2.45, 2.75) is 32.3 Å². The van der Waals surface area contributed by atoms with E-state index in [1.165, 1.54) is 27.2 Å². The highest BCUT2D eigenvalue weighted by Crippen LogP contribution is 2.44. The van der Waals surface area contributed by atoms with Crippen LogP contribution in [0.3, 0.4) is 0 Å². The number of nitrogens with zero attached hydrogens (tertiary/aromatic N) is 1. The van der Waals surface area contributed by atoms with Crippen LogP contribution in [0.2, 0.25) is 0 Å². The van der Waals surface area contributed by atoms with Crippen LogP contribution < -0.4 is 0 Å². The van der Waals surface area contributed by atoms with Gasteiger partial charge in [-0.2, -0.15) is 0 Å². The highest BCUT2D eigenvalue weighted by Gasteiger charge is 2.29. The van der Waals surface area contributed by atoms with Gasteiger partial charge in [-0.25, -0.2) is 9.59 Å². The lowest BCUT2D eigenvalue weighted by Gasteiger charge is -2.19. The molecule has 0 aromatic heterocycles. The van der Waals surface area contributed by atoms with Crippen molar-refractivity contribution in [2.75, 3.05) is 166 Å². The molecule has 0 fully saturated rings. The van der Waals surface area contributed by atoms with Crippen LogP contribution in [0.5, 0.6) is 0 Å². The molecule has 0 spiro atoms. The third-order valence-corrected chi connectivity index (χ3v) is 8.58. The zero-order valence-corrected chi connectivity index (χ0v) is 36.2. The molecule has 16 heteroatoms. The number of benzene rings is 2. The molecule has 2 aromatic rings. The largest absolute Gasteiger partial charge is 0.458 e. The van der Waals surface area contributed by atoms with Gasteiger partial charge in [-0.05, 0) is 43.0 Å². The van der Waals surface area contributed by atoms with Gasteiger partial charge in [0, 0.05) is 19.5 Å². The van der Waals surface area contributed by atoms with E-state index in [0.717, 1.165) is 0 Å². The maximum atomic E-state index is 12.6. The molecule has 60 heavy (non-hydrogen) atoms. The number of hydrogen-bond donors (Lipinski definition) is 0. The Kier molecular flexibility index (Phi) is 27.6. The van der Waals surface area contributed by atoms with E-state index in [4.69, 9.17) is 61.6 Å². The molecule has 0 atom stereocenters. The van der Waals surface area contributed by atoms with E-state index >= 15 is 0 Å². The molecule has 1 amide bonds. The van der Waals surface area contributed by atoms with Crippen molar-refractivity contribution in [1.82, 2.24) is 4.90 Å². The molecule has 0 unspecified atom stereocenters. The number of fused-ring (bicyclic) bond motifs is 3. The predicted molar refractivity (Wildman–Crippen MR) is 223 cm³/mol. The number of ether oxygens (including phenoxy) is 13.